The number of ether oxygens (including phenoxy) is 1. The minimum atomic E-state index is -0.462. The van der Waals surface area contributed by atoms with Crippen molar-refractivity contribution < 1.29 is 9.53 Å². The molecule has 140 valence electrons. The van der Waals surface area contributed by atoms with Crippen LogP contribution in [0.3, 0.4) is 0 Å². The van der Waals surface area contributed by atoms with Gasteiger partial charge in [-0.25, -0.2) is 0 Å². The summed E-state index contributed by atoms with van der Waals surface area (Å²) in [7, 11) is 0. The Balaban J connectivity index is 1.72. The number of anilines is 2. The fraction of sp³-hybridized carbons (Fsp3) is 0.250. The van der Waals surface area contributed by atoms with Crippen LogP contribution in [0.2, 0.25) is 0 Å². The summed E-state index contributed by atoms with van der Waals surface area (Å²) in [4.78, 5) is 12.4. The molecule has 1 heterocycles. The Morgan fingerprint density at radius 1 is 1.11 bits per heavy atom. The van der Waals surface area contributed by atoms with Crippen LogP contribution in [0.1, 0.15) is 30.2 Å². The van der Waals surface area contributed by atoms with Crippen LogP contribution in [0, 0.1) is 0 Å². The van der Waals surface area contributed by atoms with Gasteiger partial charge < -0.3 is 10.1 Å². The fourth-order valence-corrected chi connectivity index (χ4v) is 4.42. The van der Waals surface area contributed by atoms with Gasteiger partial charge in [-0.15, -0.1) is 10.2 Å². The molecule has 3 aromatic rings. The minimum absolute atomic E-state index is 0.270. The van der Waals surface area contributed by atoms with Crippen molar-refractivity contribution in [3.63, 3.8) is 0 Å². The lowest BCUT2D eigenvalue weighted by molar-refractivity contribution is -0.142. The monoisotopic (exact) mass is 399 g/mol. The summed E-state index contributed by atoms with van der Waals surface area (Å²) in [5.41, 5.74) is 3.14. The zero-order chi connectivity index (χ0) is 19.1. The predicted octanol–water partition coefficient (Wildman–Crippen LogP) is 5.24. The lowest BCUT2D eigenvalue weighted by Crippen LogP contribution is -2.13. The Kier molecular flexibility index (Phi) is 6.84. The summed E-state index contributed by atoms with van der Waals surface area (Å²) in [5, 5.41) is 11.9. The SMILES string of the molecule is CCOC(=O)[C@@H](Sc1nnc(Nc2ccc(CC)cc2)s1)c1ccccc1. The molecule has 0 bridgehead atoms. The number of carbonyl (C=O) groups is 1. The zero-order valence-electron chi connectivity index (χ0n) is 15.2. The van der Waals surface area contributed by atoms with E-state index in [2.05, 4.69) is 34.6 Å². The van der Waals surface area contributed by atoms with Crippen LogP contribution in [-0.4, -0.2) is 22.8 Å². The number of nitrogens with one attached hydrogen (secondary N) is 1. The van der Waals surface area contributed by atoms with Crippen LogP contribution >= 0.6 is 23.1 Å². The number of carbonyl (C=O) groups excluding carboxylic acids is 1. The van der Waals surface area contributed by atoms with Gasteiger partial charge in [-0.2, -0.15) is 0 Å². The maximum absolute atomic E-state index is 12.4. The van der Waals surface area contributed by atoms with Gasteiger partial charge in [0.1, 0.15) is 5.25 Å². The first kappa shape index (κ1) is 19.4. The Bertz CT molecular complexity index is 866. The summed E-state index contributed by atoms with van der Waals surface area (Å²) < 4.78 is 5.95. The van der Waals surface area contributed by atoms with Gasteiger partial charge in [-0.3, -0.25) is 4.79 Å². The summed E-state index contributed by atoms with van der Waals surface area (Å²) in [6.07, 6.45) is 1.01. The topological polar surface area (TPSA) is 64.1 Å². The first-order chi connectivity index (χ1) is 13.2. The molecule has 0 spiro atoms. The molecule has 0 saturated heterocycles. The molecular formula is C20H21N3O2S2. The zero-order valence-corrected chi connectivity index (χ0v) is 16.8. The van der Waals surface area contributed by atoms with E-state index >= 15 is 0 Å². The number of benzene rings is 2. The molecule has 1 N–H and O–H groups in total. The first-order valence-electron chi connectivity index (χ1n) is 8.77. The second-order valence-corrected chi connectivity index (χ2v) is 8.04. The third-order valence-electron chi connectivity index (χ3n) is 3.84. The van der Waals surface area contributed by atoms with Gasteiger partial charge in [-0.05, 0) is 36.6 Å². The number of rotatable bonds is 8. The molecule has 0 unspecified atom stereocenters. The Morgan fingerprint density at radius 2 is 1.85 bits per heavy atom. The van der Waals surface area contributed by atoms with E-state index in [-0.39, 0.29) is 5.97 Å². The molecular weight excluding hydrogens is 378 g/mol. The summed E-state index contributed by atoms with van der Waals surface area (Å²) >= 11 is 2.78. The second-order valence-electron chi connectivity index (χ2n) is 5.71. The highest BCUT2D eigenvalue weighted by Crippen LogP contribution is 2.39. The molecule has 1 aromatic heterocycles. The highest BCUT2D eigenvalue weighted by molar-refractivity contribution is 8.01. The molecule has 0 amide bonds. The molecule has 3 rings (SSSR count). The predicted molar refractivity (Wildman–Crippen MR) is 111 cm³/mol. The van der Waals surface area contributed by atoms with Crippen molar-refractivity contribution in [3.8, 4) is 0 Å². The van der Waals surface area contributed by atoms with Crippen molar-refractivity contribution in [2.24, 2.45) is 0 Å². The molecule has 0 aliphatic carbocycles. The van der Waals surface area contributed by atoms with Gasteiger partial charge in [0.25, 0.3) is 0 Å². The van der Waals surface area contributed by atoms with E-state index in [0.717, 1.165) is 17.7 Å². The van der Waals surface area contributed by atoms with Gasteiger partial charge in [0.15, 0.2) is 4.34 Å². The van der Waals surface area contributed by atoms with Crippen LogP contribution in [0.15, 0.2) is 58.9 Å². The van der Waals surface area contributed by atoms with Crippen LogP contribution in [0.5, 0.6) is 0 Å². The summed E-state index contributed by atoms with van der Waals surface area (Å²) in [5.74, 6) is -0.270. The second kappa shape index (κ2) is 9.53. The quantitative estimate of drug-likeness (QED) is 0.413. The third kappa shape index (κ3) is 5.30. The van der Waals surface area contributed by atoms with E-state index in [1.165, 1.54) is 28.7 Å². The van der Waals surface area contributed by atoms with Crippen LogP contribution in [0.4, 0.5) is 10.8 Å². The number of hydrogen-bond donors (Lipinski definition) is 1. The maximum Gasteiger partial charge on any atom is 0.324 e. The molecule has 0 fully saturated rings. The number of aryl methyl sites for hydroxylation is 1. The van der Waals surface area contributed by atoms with Crippen molar-refractivity contribution in [2.45, 2.75) is 29.9 Å². The molecule has 0 aliphatic heterocycles. The Labute approximate surface area is 167 Å². The van der Waals surface area contributed by atoms with Gasteiger partial charge in [0.2, 0.25) is 5.13 Å². The Morgan fingerprint density at radius 3 is 2.52 bits per heavy atom. The average molecular weight is 400 g/mol. The van der Waals surface area contributed by atoms with Crippen LogP contribution < -0.4 is 5.32 Å². The maximum atomic E-state index is 12.4. The lowest BCUT2D eigenvalue weighted by Gasteiger charge is -2.13. The number of hydrogen-bond acceptors (Lipinski definition) is 7. The van der Waals surface area contributed by atoms with E-state index in [1.54, 1.807) is 6.92 Å². The van der Waals surface area contributed by atoms with E-state index in [4.69, 9.17) is 4.74 Å². The van der Waals surface area contributed by atoms with E-state index < -0.39 is 5.25 Å². The van der Waals surface area contributed by atoms with E-state index in [1.807, 2.05) is 42.5 Å². The normalized spacial score (nSPS) is 11.8. The summed E-state index contributed by atoms with van der Waals surface area (Å²) in [6, 6.07) is 17.8. The molecule has 2 aromatic carbocycles. The first-order valence-corrected chi connectivity index (χ1v) is 10.5. The summed E-state index contributed by atoms with van der Waals surface area (Å²) in [6.45, 7) is 4.28. The van der Waals surface area contributed by atoms with E-state index in [9.17, 15) is 4.79 Å². The number of esters is 1. The highest BCUT2D eigenvalue weighted by atomic mass is 32.2. The van der Waals surface area contributed by atoms with Gasteiger partial charge in [0.05, 0.1) is 6.61 Å². The van der Waals surface area contributed by atoms with Gasteiger partial charge in [0, 0.05) is 5.69 Å². The number of thioether (sulfide) groups is 1. The number of nitrogens with zero attached hydrogens (tertiary/aromatic N) is 2. The van der Waals surface area contributed by atoms with Crippen molar-refractivity contribution in [3.05, 3.63) is 65.7 Å². The van der Waals surface area contributed by atoms with Gasteiger partial charge >= 0.3 is 5.97 Å². The molecule has 0 saturated carbocycles. The molecule has 5 nitrogen and oxygen atoms in total. The van der Waals surface area contributed by atoms with Crippen molar-refractivity contribution in [1.82, 2.24) is 10.2 Å². The van der Waals surface area contributed by atoms with Gasteiger partial charge in [-0.1, -0.05) is 72.5 Å². The lowest BCUT2D eigenvalue weighted by atomic mass is 10.1. The van der Waals surface area contributed by atoms with E-state index in [0.29, 0.717) is 16.1 Å². The van der Waals surface area contributed by atoms with Crippen LogP contribution in [-0.2, 0) is 16.0 Å². The molecule has 0 radical (unpaired) electrons. The average Bonchev–Trinajstić information content (AvgIpc) is 3.14. The van der Waals surface area contributed by atoms with Crippen LogP contribution in [0.25, 0.3) is 0 Å². The largest absolute Gasteiger partial charge is 0.465 e. The smallest absolute Gasteiger partial charge is 0.324 e. The van der Waals surface area contributed by atoms with Crippen molar-refractivity contribution in [1.29, 1.82) is 0 Å². The van der Waals surface area contributed by atoms with Crippen molar-refractivity contribution in [2.75, 3.05) is 11.9 Å². The standard InChI is InChI=1S/C20H21N3O2S2/c1-3-14-10-12-16(13-11-14)21-19-22-23-20(27-19)26-17(18(24)25-4-2)15-8-6-5-7-9-15/h5-13,17H,3-4H2,1-2H3,(H,21,22)/t17-/m0/s1. The molecule has 1 atom stereocenters. The Hall–Kier alpha value is -2.38. The minimum Gasteiger partial charge on any atom is -0.465 e. The fourth-order valence-electron chi connectivity index (χ4n) is 2.45. The molecule has 27 heavy (non-hydrogen) atoms. The third-order valence-corrected chi connectivity index (χ3v) is 6.00. The molecule has 7 heteroatoms. The molecule has 0 aliphatic rings. The van der Waals surface area contributed by atoms with Crippen molar-refractivity contribution >= 4 is 39.9 Å². The highest BCUT2D eigenvalue weighted by Gasteiger charge is 2.25. The number of aromatic nitrogens is 2.